The number of hydrogen-bond acceptors (Lipinski definition) is 5. The van der Waals surface area contributed by atoms with Crippen LogP contribution in [0.4, 0.5) is 10.3 Å². The van der Waals surface area contributed by atoms with Crippen LogP contribution in [0, 0.1) is 5.82 Å². The summed E-state index contributed by atoms with van der Waals surface area (Å²) in [7, 11) is 1.67. The Morgan fingerprint density at radius 3 is 2.79 bits per heavy atom. The van der Waals surface area contributed by atoms with Crippen molar-refractivity contribution in [2.24, 2.45) is 0 Å². The van der Waals surface area contributed by atoms with Crippen LogP contribution in [-0.2, 0) is 4.74 Å². The van der Waals surface area contributed by atoms with E-state index >= 15 is 0 Å². The lowest BCUT2D eigenvalue weighted by atomic mass is 10.1. The van der Waals surface area contributed by atoms with Crippen LogP contribution >= 0.6 is 0 Å². The van der Waals surface area contributed by atoms with Gasteiger partial charge in [0, 0.05) is 32.0 Å². The fraction of sp³-hybridized carbons (Fsp3) is 0.235. The molecule has 3 rings (SSSR count). The second kappa shape index (κ2) is 7.65. The average molecular weight is 327 g/mol. The van der Waals surface area contributed by atoms with E-state index in [0.29, 0.717) is 12.6 Å². The Bertz CT molecular complexity index is 788. The Hall–Kier alpha value is -2.80. The molecule has 2 heterocycles. The third-order valence-corrected chi connectivity index (χ3v) is 3.48. The van der Waals surface area contributed by atoms with E-state index in [0.717, 1.165) is 35.6 Å². The highest BCUT2D eigenvalue weighted by atomic mass is 19.1. The average Bonchev–Trinajstić information content (AvgIpc) is 3.09. The Labute approximate surface area is 139 Å². The number of aromatic nitrogens is 4. The maximum Gasteiger partial charge on any atom is 0.223 e. The molecule has 0 unspecified atom stereocenters. The molecule has 0 saturated heterocycles. The standard InChI is InChI=1S/C17H18FN5O/c1-24-10-2-8-19-17-20-9-7-14(23-17)16-15(21-11-22-16)12-3-5-13(18)6-4-12/h3-7,9,11H,2,8,10H2,1H3,(H,21,22)(H,19,20,23). The molecule has 7 heteroatoms. The van der Waals surface area contributed by atoms with Gasteiger partial charge in [0.25, 0.3) is 0 Å². The largest absolute Gasteiger partial charge is 0.385 e. The van der Waals surface area contributed by atoms with Crippen molar-refractivity contribution < 1.29 is 9.13 Å². The van der Waals surface area contributed by atoms with Crippen LogP contribution in [0.1, 0.15) is 6.42 Å². The Kier molecular flexibility index (Phi) is 5.12. The summed E-state index contributed by atoms with van der Waals surface area (Å²) in [5, 5.41) is 3.16. The molecule has 0 aliphatic heterocycles. The number of H-pyrrole nitrogens is 1. The van der Waals surface area contributed by atoms with Crippen molar-refractivity contribution in [2.75, 3.05) is 25.6 Å². The van der Waals surface area contributed by atoms with Crippen molar-refractivity contribution in [3.05, 3.63) is 48.7 Å². The van der Waals surface area contributed by atoms with E-state index < -0.39 is 0 Å². The molecular formula is C17H18FN5O. The molecule has 6 nitrogen and oxygen atoms in total. The first-order chi connectivity index (χ1) is 11.8. The van der Waals surface area contributed by atoms with Crippen molar-refractivity contribution in [3.63, 3.8) is 0 Å². The number of methoxy groups -OCH3 is 1. The molecule has 0 radical (unpaired) electrons. The second-order valence-corrected chi connectivity index (χ2v) is 5.17. The van der Waals surface area contributed by atoms with E-state index in [-0.39, 0.29) is 5.82 Å². The zero-order valence-electron chi connectivity index (χ0n) is 13.3. The van der Waals surface area contributed by atoms with Crippen molar-refractivity contribution in [3.8, 4) is 22.6 Å². The molecule has 0 saturated carbocycles. The molecule has 124 valence electrons. The smallest absolute Gasteiger partial charge is 0.223 e. The summed E-state index contributed by atoms with van der Waals surface area (Å²) in [6, 6.07) is 8.02. The molecular weight excluding hydrogens is 309 g/mol. The number of rotatable bonds is 7. The van der Waals surface area contributed by atoms with Gasteiger partial charge in [-0.3, -0.25) is 0 Å². The van der Waals surface area contributed by atoms with Gasteiger partial charge in [0.2, 0.25) is 5.95 Å². The van der Waals surface area contributed by atoms with Gasteiger partial charge in [0.05, 0.1) is 23.4 Å². The summed E-state index contributed by atoms with van der Waals surface area (Å²) < 4.78 is 18.1. The van der Waals surface area contributed by atoms with Gasteiger partial charge < -0.3 is 15.0 Å². The lowest BCUT2D eigenvalue weighted by Gasteiger charge is -2.07. The Morgan fingerprint density at radius 2 is 2.00 bits per heavy atom. The fourth-order valence-corrected chi connectivity index (χ4v) is 2.32. The summed E-state index contributed by atoms with van der Waals surface area (Å²) in [5.41, 5.74) is 3.03. The zero-order valence-corrected chi connectivity index (χ0v) is 13.3. The van der Waals surface area contributed by atoms with E-state index in [1.165, 1.54) is 12.1 Å². The highest BCUT2D eigenvalue weighted by Crippen LogP contribution is 2.28. The molecule has 0 bridgehead atoms. The first-order valence-electron chi connectivity index (χ1n) is 7.63. The highest BCUT2D eigenvalue weighted by molar-refractivity contribution is 5.76. The molecule has 2 aromatic heterocycles. The van der Waals surface area contributed by atoms with E-state index in [9.17, 15) is 4.39 Å². The zero-order chi connectivity index (χ0) is 16.8. The predicted octanol–water partition coefficient (Wildman–Crippen LogP) is 3.12. The van der Waals surface area contributed by atoms with Crippen molar-refractivity contribution in [1.29, 1.82) is 0 Å². The minimum absolute atomic E-state index is 0.277. The number of halogens is 1. The van der Waals surface area contributed by atoms with Gasteiger partial charge in [-0.15, -0.1) is 0 Å². The molecule has 3 aromatic rings. The van der Waals surface area contributed by atoms with Gasteiger partial charge in [0.15, 0.2) is 0 Å². The number of benzene rings is 1. The van der Waals surface area contributed by atoms with Crippen molar-refractivity contribution in [1.82, 2.24) is 19.9 Å². The Balaban J connectivity index is 1.82. The number of nitrogens with zero attached hydrogens (tertiary/aromatic N) is 3. The summed E-state index contributed by atoms with van der Waals surface area (Å²) >= 11 is 0. The van der Waals surface area contributed by atoms with Crippen LogP contribution in [0.5, 0.6) is 0 Å². The topological polar surface area (TPSA) is 75.7 Å². The first-order valence-corrected chi connectivity index (χ1v) is 7.63. The number of nitrogens with one attached hydrogen (secondary N) is 2. The molecule has 0 atom stereocenters. The molecule has 0 amide bonds. The van der Waals surface area contributed by atoms with Gasteiger partial charge >= 0.3 is 0 Å². The SMILES string of the molecule is COCCCNc1nccc(-c2[nH]cnc2-c2ccc(F)cc2)n1. The number of aromatic amines is 1. The fourth-order valence-electron chi connectivity index (χ4n) is 2.32. The molecule has 0 aliphatic rings. The molecule has 1 aromatic carbocycles. The number of hydrogen-bond donors (Lipinski definition) is 2. The van der Waals surface area contributed by atoms with Crippen LogP contribution in [-0.4, -0.2) is 40.2 Å². The van der Waals surface area contributed by atoms with Crippen LogP contribution in [0.3, 0.4) is 0 Å². The number of ether oxygens (including phenoxy) is 1. The molecule has 0 fully saturated rings. The minimum Gasteiger partial charge on any atom is -0.385 e. The summed E-state index contributed by atoms with van der Waals surface area (Å²) in [6.45, 7) is 1.41. The summed E-state index contributed by atoms with van der Waals surface area (Å²) in [6.07, 6.45) is 4.16. The van der Waals surface area contributed by atoms with Crippen LogP contribution in [0.2, 0.25) is 0 Å². The van der Waals surface area contributed by atoms with Crippen molar-refractivity contribution in [2.45, 2.75) is 6.42 Å². The lowest BCUT2D eigenvalue weighted by Crippen LogP contribution is -2.07. The van der Waals surface area contributed by atoms with E-state index in [1.54, 1.807) is 37.8 Å². The maximum absolute atomic E-state index is 13.1. The van der Waals surface area contributed by atoms with Crippen LogP contribution < -0.4 is 5.32 Å². The van der Waals surface area contributed by atoms with Gasteiger partial charge in [-0.25, -0.2) is 19.3 Å². The number of imidazole rings is 1. The summed E-state index contributed by atoms with van der Waals surface area (Å²) in [4.78, 5) is 16.2. The van der Waals surface area contributed by atoms with Crippen LogP contribution in [0.15, 0.2) is 42.9 Å². The molecule has 2 N–H and O–H groups in total. The minimum atomic E-state index is -0.277. The van der Waals surface area contributed by atoms with E-state index in [2.05, 4.69) is 25.3 Å². The van der Waals surface area contributed by atoms with Gasteiger partial charge in [0.1, 0.15) is 5.82 Å². The third kappa shape index (κ3) is 3.75. The maximum atomic E-state index is 13.1. The lowest BCUT2D eigenvalue weighted by molar-refractivity contribution is 0.197. The highest BCUT2D eigenvalue weighted by Gasteiger charge is 2.12. The number of anilines is 1. The second-order valence-electron chi connectivity index (χ2n) is 5.17. The van der Waals surface area contributed by atoms with E-state index in [1.807, 2.05) is 0 Å². The monoisotopic (exact) mass is 327 g/mol. The molecule has 24 heavy (non-hydrogen) atoms. The Morgan fingerprint density at radius 1 is 1.17 bits per heavy atom. The van der Waals surface area contributed by atoms with Gasteiger partial charge in [-0.2, -0.15) is 0 Å². The molecule has 0 spiro atoms. The van der Waals surface area contributed by atoms with Crippen molar-refractivity contribution >= 4 is 5.95 Å². The quantitative estimate of drug-likeness (QED) is 0.652. The normalized spacial score (nSPS) is 10.8. The van der Waals surface area contributed by atoms with E-state index in [4.69, 9.17) is 4.74 Å². The third-order valence-electron chi connectivity index (χ3n) is 3.48. The van der Waals surface area contributed by atoms with Gasteiger partial charge in [-0.1, -0.05) is 0 Å². The first kappa shape index (κ1) is 16.1. The van der Waals surface area contributed by atoms with Crippen LogP contribution in [0.25, 0.3) is 22.6 Å². The molecule has 0 aliphatic carbocycles. The summed E-state index contributed by atoms with van der Waals surface area (Å²) in [5.74, 6) is 0.267. The van der Waals surface area contributed by atoms with Gasteiger partial charge in [-0.05, 0) is 36.8 Å². The predicted molar refractivity (Wildman–Crippen MR) is 90.0 cm³/mol.